The number of hydrogen-bond donors (Lipinski definition) is 0. The maximum atomic E-state index is 10.3. The van der Waals surface area contributed by atoms with Gasteiger partial charge in [0.05, 0.1) is 29.2 Å². The Balaban J connectivity index is 1.38. The molecule has 0 saturated heterocycles. The lowest BCUT2D eigenvalue weighted by Gasteiger charge is -2.34. The fraction of sp³-hybridized carbons (Fsp3) is 0. The summed E-state index contributed by atoms with van der Waals surface area (Å²) in [4.78, 5) is 3.69. The molecular formula is C44H29N3Si. The zero-order chi connectivity index (χ0) is 32.5. The van der Waals surface area contributed by atoms with Crippen molar-refractivity contribution in [2.24, 2.45) is 0 Å². The minimum atomic E-state index is -2.73. The maximum absolute atomic E-state index is 10.3. The minimum Gasteiger partial charge on any atom is -0.309 e. The van der Waals surface area contributed by atoms with Crippen molar-refractivity contribution in [2.75, 3.05) is 0 Å². The second-order valence-electron chi connectivity index (χ2n) is 12.0. The molecule has 8 aromatic rings. The molecule has 8 rings (SSSR count). The van der Waals surface area contributed by atoms with Crippen molar-refractivity contribution in [3.05, 3.63) is 193 Å². The largest absolute Gasteiger partial charge is 0.309 e. The molecule has 1 aromatic heterocycles. The highest BCUT2D eigenvalue weighted by atomic mass is 28.3. The van der Waals surface area contributed by atoms with E-state index in [9.17, 15) is 5.26 Å². The minimum absolute atomic E-state index is 0.592. The van der Waals surface area contributed by atoms with E-state index in [1.165, 1.54) is 20.7 Å². The van der Waals surface area contributed by atoms with Crippen LogP contribution < -0.4 is 20.7 Å². The third kappa shape index (κ3) is 4.72. The van der Waals surface area contributed by atoms with Gasteiger partial charge in [-0.2, -0.15) is 5.26 Å². The Morgan fingerprint density at radius 3 is 1.71 bits per heavy atom. The van der Waals surface area contributed by atoms with Crippen LogP contribution in [-0.4, -0.2) is 12.6 Å². The van der Waals surface area contributed by atoms with Gasteiger partial charge in [0.15, 0.2) is 13.8 Å². The normalized spacial score (nSPS) is 11.3. The summed E-state index contributed by atoms with van der Waals surface area (Å²) in [5, 5.41) is 17.6. The van der Waals surface area contributed by atoms with Gasteiger partial charge in [-0.05, 0) is 73.7 Å². The molecule has 4 heteroatoms. The van der Waals surface area contributed by atoms with Crippen LogP contribution >= 0.6 is 0 Å². The van der Waals surface area contributed by atoms with Crippen LogP contribution in [0.15, 0.2) is 176 Å². The summed E-state index contributed by atoms with van der Waals surface area (Å²) >= 11 is 0. The summed E-state index contributed by atoms with van der Waals surface area (Å²) < 4.78 is 2.21. The molecule has 7 aromatic carbocycles. The number of nitriles is 1. The number of fused-ring (bicyclic) bond motifs is 3. The van der Waals surface area contributed by atoms with E-state index in [0.717, 1.165) is 38.6 Å². The lowest BCUT2D eigenvalue weighted by molar-refractivity contribution is 1.18. The first kappa shape index (κ1) is 29.0. The predicted molar refractivity (Wildman–Crippen MR) is 201 cm³/mol. The van der Waals surface area contributed by atoms with E-state index in [-0.39, 0.29) is 0 Å². The van der Waals surface area contributed by atoms with Crippen LogP contribution in [0.2, 0.25) is 0 Å². The van der Waals surface area contributed by atoms with Crippen LogP contribution in [0.4, 0.5) is 5.69 Å². The Hall–Kier alpha value is -6.46. The molecule has 48 heavy (non-hydrogen) atoms. The van der Waals surface area contributed by atoms with E-state index < -0.39 is 8.07 Å². The van der Waals surface area contributed by atoms with Crippen molar-refractivity contribution in [3.63, 3.8) is 0 Å². The van der Waals surface area contributed by atoms with Gasteiger partial charge < -0.3 is 4.57 Å². The summed E-state index contributed by atoms with van der Waals surface area (Å²) in [7, 11) is -2.73. The molecule has 1 heterocycles. The fourth-order valence-corrected chi connectivity index (χ4v) is 12.1. The van der Waals surface area contributed by atoms with Gasteiger partial charge in [0.2, 0.25) is 0 Å². The van der Waals surface area contributed by atoms with Gasteiger partial charge >= 0.3 is 0 Å². The number of rotatable bonds is 6. The van der Waals surface area contributed by atoms with E-state index in [0.29, 0.717) is 11.3 Å². The van der Waals surface area contributed by atoms with Gasteiger partial charge in [-0.1, -0.05) is 140 Å². The van der Waals surface area contributed by atoms with Crippen molar-refractivity contribution in [3.8, 4) is 22.9 Å². The van der Waals surface area contributed by atoms with Crippen LogP contribution in [0.3, 0.4) is 0 Å². The number of para-hydroxylation sites is 1. The number of hydrogen-bond acceptors (Lipinski definition) is 1. The molecule has 0 bridgehead atoms. The quantitative estimate of drug-likeness (QED) is 0.104. The topological polar surface area (TPSA) is 33.1 Å². The van der Waals surface area contributed by atoms with E-state index in [4.69, 9.17) is 6.57 Å². The third-order valence-electron chi connectivity index (χ3n) is 9.34. The number of nitrogens with zero attached hydrogens (tertiary/aromatic N) is 3. The number of aromatic nitrogens is 1. The molecule has 0 aliphatic heterocycles. The predicted octanol–water partition coefficient (Wildman–Crippen LogP) is 8.25. The molecule has 0 atom stereocenters. The lowest BCUT2D eigenvalue weighted by atomic mass is 10.0. The molecule has 224 valence electrons. The Kier molecular flexibility index (Phi) is 7.27. The van der Waals surface area contributed by atoms with Crippen molar-refractivity contribution in [1.82, 2.24) is 4.57 Å². The second-order valence-corrected chi connectivity index (χ2v) is 15.8. The van der Waals surface area contributed by atoms with Crippen LogP contribution in [-0.2, 0) is 0 Å². The summed E-state index contributed by atoms with van der Waals surface area (Å²) in [6, 6.07) is 64.3. The molecule has 3 nitrogen and oxygen atoms in total. The van der Waals surface area contributed by atoms with E-state index >= 15 is 0 Å². The Bertz CT molecular complexity index is 2430. The van der Waals surface area contributed by atoms with Crippen molar-refractivity contribution in [1.29, 1.82) is 5.26 Å². The monoisotopic (exact) mass is 627 g/mol. The van der Waals surface area contributed by atoms with Gasteiger partial charge in [-0.15, -0.1) is 0 Å². The van der Waals surface area contributed by atoms with Crippen molar-refractivity contribution < 1.29 is 0 Å². The molecule has 0 fully saturated rings. The second kappa shape index (κ2) is 12.0. The molecule has 0 aliphatic rings. The molecule has 0 N–H and O–H groups in total. The van der Waals surface area contributed by atoms with Crippen LogP contribution in [0.1, 0.15) is 5.56 Å². The molecular weight excluding hydrogens is 599 g/mol. The maximum Gasteiger partial charge on any atom is 0.188 e. The van der Waals surface area contributed by atoms with Gasteiger partial charge in [0.25, 0.3) is 0 Å². The number of benzene rings is 7. The van der Waals surface area contributed by atoms with Crippen molar-refractivity contribution in [2.45, 2.75) is 0 Å². The first-order valence-electron chi connectivity index (χ1n) is 15.9. The Labute approximate surface area is 281 Å². The molecule has 0 spiro atoms. The molecule has 0 aliphatic carbocycles. The summed E-state index contributed by atoms with van der Waals surface area (Å²) in [5.74, 6) is 0. The average molecular weight is 628 g/mol. The molecule has 0 unspecified atom stereocenters. The first-order valence-corrected chi connectivity index (χ1v) is 17.9. The van der Waals surface area contributed by atoms with Gasteiger partial charge in [0.1, 0.15) is 0 Å². The summed E-state index contributed by atoms with van der Waals surface area (Å²) in [6.45, 7) is 7.59. The van der Waals surface area contributed by atoms with Gasteiger partial charge in [0, 0.05) is 11.1 Å². The standard InChI is InChI=1S/C44H29N3Si/c1-46-35-24-25-44-42(30-35)41-22-11-12-23-43(41)47(44)36-27-32(31-45)26-34(28-36)33-14-13-21-40(29-33)48(37-15-5-2-6-16-37,38-17-7-3-8-18-38)39-19-9-4-10-20-39/h2-30H. The Morgan fingerprint density at radius 2 is 1.08 bits per heavy atom. The zero-order valence-corrected chi connectivity index (χ0v) is 27.1. The first-order chi connectivity index (χ1) is 23.7. The van der Waals surface area contributed by atoms with E-state index in [2.05, 4.69) is 149 Å². The zero-order valence-electron chi connectivity index (χ0n) is 26.1. The van der Waals surface area contributed by atoms with Crippen LogP contribution in [0.5, 0.6) is 0 Å². The molecule has 0 saturated carbocycles. The Morgan fingerprint density at radius 1 is 0.500 bits per heavy atom. The van der Waals surface area contributed by atoms with Crippen molar-refractivity contribution >= 4 is 56.3 Å². The lowest BCUT2D eigenvalue weighted by Crippen LogP contribution is -2.74. The highest BCUT2D eigenvalue weighted by Gasteiger charge is 2.41. The SMILES string of the molecule is [C-]#[N+]c1ccc2c(c1)c1ccccc1n2-c1cc(C#N)cc(-c2cccc([Si](c3ccccc3)(c3ccccc3)c3ccccc3)c2)c1. The van der Waals surface area contributed by atoms with E-state index in [1.54, 1.807) is 0 Å². The summed E-state index contributed by atoms with van der Waals surface area (Å²) in [6.07, 6.45) is 0. The smallest absolute Gasteiger partial charge is 0.188 e. The molecule has 0 amide bonds. The average Bonchev–Trinajstić information content (AvgIpc) is 3.50. The summed E-state index contributed by atoms with van der Waals surface area (Å²) in [5.41, 5.74) is 6.18. The van der Waals surface area contributed by atoms with Gasteiger partial charge in [-0.3, -0.25) is 0 Å². The highest BCUT2D eigenvalue weighted by Crippen LogP contribution is 2.35. The van der Waals surface area contributed by atoms with Gasteiger partial charge in [-0.25, -0.2) is 4.85 Å². The highest BCUT2D eigenvalue weighted by molar-refractivity contribution is 7.19. The van der Waals surface area contributed by atoms with Crippen LogP contribution in [0, 0.1) is 17.9 Å². The fourth-order valence-electron chi connectivity index (χ4n) is 7.28. The third-order valence-corrected chi connectivity index (χ3v) is 14.1. The van der Waals surface area contributed by atoms with Crippen LogP contribution in [0.25, 0.3) is 43.5 Å². The molecule has 0 radical (unpaired) electrons. The van der Waals surface area contributed by atoms with E-state index in [1.807, 2.05) is 42.5 Å².